The van der Waals surface area contributed by atoms with Crippen LogP contribution in [0.25, 0.3) is 0 Å². The maximum atomic E-state index is 4.10. The van der Waals surface area contributed by atoms with Crippen LogP contribution < -0.4 is 0 Å². The number of hydrogen-bond acceptors (Lipinski definition) is 0. The first-order valence-corrected chi connectivity index (χ1v) is 9.80. The van der Waals surface area contributed by atoms with Gasteiger partial charge in [0, 0.05) is 0 Å². The molecule has 0 aliphatic carbocycles. The van der Waals surface area contributed by atoms with Gasteiger partial charge in [0.1, 0.15) is 0 Å². The molecule has 0 aliphatic rings. The van der Waals surface area contributed by atoms with Gasteiger partial charge in [-0.2, -0.15) is 0 Å². The molecule has 3 unspecified atom stereocenters. The Kier molecular flexibility index (Phi) is 23.2. The first-order chi connectivity index (χ1) is 11.3. The lowest BCUT2D eigenvalue weighted by Gasteiger charge is -2.14. The van der Waals surface area contributed by atoms with Gasteiger partial charge in [-0.25, -0.2) is 0 Å². The Labute approximate surface area is 154 Å². The van der Waals surface area contributed by atoms with E-state index in [-0.39, 0.29) is 0 Å². The van der Waals surface area contributed by atoms with Gasteiger partial charge in [0.05, 0.1) is 0 Å². The molecular weight excluding hydrogens is 288 g/mol. The Hall–Kier alpha value is -1.04. The van der Waals surface area contributed by atoms with Crippen molar-refractivity contribution in [3.63, 3.8) is 0 Å². The molecule has 0 aromatic rings. The van der Waals surface area contributed by atoms with Crippen molar-refractivity contribution in [3.05, 3.63) is 49.6 Å². The van der Waals surface area contributed by atoms with Gasteiger partial charge in [0.25, 0.3) is 0 Å². The van der Waals surface area contributed by atoms with Crippen LogP contribution in [-0.2, 0) is 0 Å². The van der Waals surface area contributed by atoms with Gasteiger partial charge in [-0.15, -0.1) is 13.2 Å². The molecule has 24 heavy (non-hydrogen) atoms. The van der Waals surface area contributed by atoms with Gasteiger partial charge in [-0.1, -0.05) is 110 Å². The van der Waals surface area contributed by atoms with E-state index in [1.807, 2.05) is 13.0 Å². The Morgan fingerprint density at radius 1 is 0.792 bits per heavy atom. The summed E-state index contributed by atoms with van der Waals surface area (Å²) in [4.78, 5) is 0. The molecule has 0 spiro atoms. The van der Waals surface area contributed by atoms with Crippen molar-refractivity contribution in [2.45, 2.75) is 87.0 Å². The second kappa shape index (κ2) is 20.0. The normalized spacial score (nSPS) is 13.8. The number of rotatable bonds is 10. The number of allylic oxidation sites excluding steroid dienone is 4. The van der Waals surface area contributed by atoms with Crippen LogP contribution in [0.2, 0.25) is 0 Å². The van der Waals surface area contributed by atoms with Gasteiger partial charge in [-0.05, 0) is 31.1 Å². The van der Waals surface area contributed by atoms with E-state index in [9.17, 15) is 0 Å². The van der Waals surface area contributed by atoms with E-state index in [0.29, 0.717) is 5.92 Å². The van der Waals surface area contributed by atoms with E-state index in [4.69, 9.17) is 0 Å². The van der Waals surface area contributed by atoms with Crippen LogP contribution in [0.1, 0.15) is 87.0 Å². The predicted molar refractivity (Wildman–Crippen MR) is 117 cm³/mol. The fourth-order valence-electron chi connectivity index (χ4n) is 2.03. The average Bonchev–Trinajstić information content (AvgIpc) is 2.59. The molecule has 0 saturated heterocycles. The summed E-state index contributed by atoms with van der Waals surface area (Å²) in [6.07, 6.45) is 12.1. The van der Waals surface area contributed by atoms with Crippen molar-refractivity contribution in [2.75, 3.05) is 0 Å². The van der Waals surface area contributed by atoms with Crippen LogP contribution in [0.3, 0.4) is 0 Å². The highest BCUT2D eigenvalue weighted by molar-refractivity contribution is 5.24. The van der Waals surface area contributed by atoms with Gasteiger partial charge < -0.3 is 0 Å². The Morgan fingerprint density at radius 3 is 1.58 bits per heavy atom. The quantitative estimate of drug-likeness (QED) is 0.276. The van der Waals surface area contributed by atoms with Gasteiger partial charge >= 0.3 is 0 Å². The monoisotopic (exact) mass is 334 g/mol. The molecule has 0 heteroatoms. The summed E-state index contributed by atoms with van der Waals surface area (Å²) in [7, 11) is 0. The largest absolute Gasteiger partial charge is 0.106 e. The minimum atomic E-state index is 0.592. The second-order valence-corrected chi connectivity index (χ2v) is 7.05. The zero-order valence-corrected chi connectivity index (χ0v) is 18.0. The van der Waals surface area contributed by atoms with Gasteiger partial charge in [0.2, 0.25) is 0 Å². The van der Waals surface area contributed by atoms with Crippen molar-refractivity contribution in [1.82, 2.24) is 0 Å². The molecule has 0 fully saturated rings. The molecule has 0 aromatic carbocycles. The second-order valence-electron chi connectivity index (χ2n) is 7.05. The average molecular weight is 335 g/mol. The van der Waals surface area contributed by atoms with E-state index in [1.54, 1.807) is 0 Å². The molecule has 142 valence electrons. The van der Waals surface area contributed by atoms with Crippen LogP contribution in [-0.4, -0.2) is 0 Å². The molecule has 0 nitrogen and oxygen atoms in total. The maximum absolute atomic E-state index is 4.10. The first-order valence-electron chi connectivity index (χ1n) is 9.80. The minimum Gasteiger partial charge on any atom is -0.106 e. The molecule has 0 bridgehead atoms. The van der Waals surface area contributed by atoms with E-state index in [1.165, 1.54) is 44.1 Å². The summed E-state index contributed by atoms with van der Waals surface area (Å²) in [6, 6.07) is 0. The van der Waals surface area contributed by atoms with E-state index in [0.717, 1.165) is 17.4 Å². The van der Waals surface area contributed by atoms with Crippen LogP contribution in [0, 0.1) is 17.8 Å². The van der Waals surface area contributed by atoms with Gasteiger partial charge in [-0.3, -0.25) is 0 Å². The lowest BCUT2D eigenvalue weighted by atomic mass is 9.91. The van der Waals surface area contributed by atoms with Crippen LogP contribution >= 0.6 is 0 Å². The molecule has 0 rings (SSSR count). The highest BCUT2D eigenvalue weighted by Gasteiger charge is 2.06. The van der Waals surface area contributed by atoms with E-state index in [2.05, 4.69) is 73.9 Å². The van der Waals surface area contributed by atoms with E-state index < -0.39 is 0 Å². The molecule has 0 amide bonds. The molecule has 0 heterocycles. The standard InChI is InChI=1S/C15H26.C7H16.C2H4/c1-7-13(4)9-11-15(6)14(5)10-8-12(2)3;1-4-6-7(3)5-2;1-2/h8,10,13,15H,2,5,7,9,11H2,1,3-4,6H3;7H,4-6H2,1-3H3;1-2H2/b10-8-;;. The summed E-state index contributed by atoms with van der Waals surface area (Å²) in [5.74, 6) is 2.38. The van der Waals surface area contributed by atoms with Crippen molar-refractivity contribution in [1.29, 1.82) is 0 Å². The smallest absolute Gasteiger partial charge is 0.0196 e. The van der Waals surface area contributed by atoms with Crippen LogP contribution in [0.4, 0.5) is 0 Å². The van der Waals surface area contributed by atoms with Crippen molar-refractivity contribution < 1.29 is 0 Å². The zero-order chi connectivity index (χ0) is 19.5. The predicted octanol–water partition coefficient (Wildman–Crippen LogP) is 8.77. The molecule has 0 N–H and O–H groups in total. The Morgan fingerprint density at radius 2 is 1.25 bits per heavy atom. The van der Waals surface area contributed by atoms with Crippen molar-refractivity contribution >= 4 is 0 Å². The first kappa shape index (κ1) is 27.8. The van der Waals surface area contributed by atoms with Crippen LogP contribution in [0.15, 0.2) is 49.6 Å². The van der Waals surface area contributed by atoms with Crippen LogP contribution in [0.5, 0.6) is 0 Å². The summed E-state index contributed by atoms with van der Waals surface area (Å²) in [5.41, 5.74) is 2.31. The summed E-state index contributed by atoms with van der Waals surface area (Å²) < 4.78 is 0. The topological polar surface area (TPSA) is 0 Å². The SMILES string of the molecule is C=C.C=C(C)/C=C\C(=C)C(C)CCC(C)CC.CCCC(C)CC. The zero-order valence-electron chi connectivity index (χ0n) is 18.0. The molecule has 0 aromatic heterocycles. The lowest BCUT2D eigenvalue weighted by Crippen LogP contribution is -2.00. The maximum Gasteiger partial charge on any atom is -0.0196 e. The minimum absolute atomic E-state index is 0.592. The summed E-state index contributed by atoms with van der Waals surface area (Å²) >= 11 is 0. The molecular formula is C24H46. The molecule has 3 atom stereocenters. The molecule has 0 radical (unpaired) electrons. The highest BCUT2D eigenvalue weighted by atomic mass is 14.1. The third-order valence-electron chi connectivity index (χ3n) is 4.48. The Balaban J connectivity index is -0.000000410. The van der Waals surface area contributed by atoms with Gasteiger partial charge in [0.15, 0.2) is 0 Å². The highest BCUT2D eigenvalue weighted by Crippen LogP contribution is 2.20. The molecule has 0 aliphatic heterocycles. The Bertz CT molecular complexity index is 321. The number of hydrogen-bond donors (Lipinski definition) is 0. The third-order valence-corrected chi connectivity index (χ3v) is 4.48. The lowest BCUT2D eigenvalue weighted by molar-refractivity contribution is 0.454. The third kappa shape index (κ3) is 21.0. The van der Waals surface area contributed by atoms with Crippen molar-refractivity contribution in [2.24, 2.45) is 17.8 Å². The summed E-state index contributed by atoms with van der Waals surface area (Å²) in [6.45, 7) is 29.6. The fourth-order valence-corrected chi connectivity index (χ4v) is 2.03. The summed E-state index contributed by atoms with van der Waals surface area (Å²) in [5, 5.41) is 0. The molecule has 0 saturated carbocycles. The van der Waals surface area contributed by atoms with Crippen molar-refractivity contribution in [3.8, 4) is 0 Å². The fraction of sp³-hybridized carbons (Fsp3) is 0.667. The van der Waals surface area contributed by atoms with E-state index >= 15 is 0 Å².